The Bertz CT molecular complexity index is 838. The van der Waals surface area contributed by atoms with Crippen molar-refractivity contribution in [2.45, 2.75) is 24.1 Å². The van der Waals surface area contributed by atoms with Crippen LogP contribution in [0.1, 0.15) is 12.8 Å². The van der Waals surface area contributed by atoms with Gasteiger partial charge in [0.2, 0.25) is 5.91 Å². The number of benzene rings is 1. The first kappa shape index (κ1) is 17.9. The van der Waals surface area contributed by atoms with Gasteiger partial charge in [-0.2, -0.15) is 4.99 Å². The summed E-state index contributed by atoms with van der Waals surface area (Å²) < 4.78 is 37.0. The zero-order valence-corrected chi connectivity index (χ0v) is 14.6. The molecule has 10 heteroatoms. The highest BCUT2D eigenvalue weighted by Gasteiger charge is 2.49. The van der Waals surface area contributed by atoms with Gasteiger partial charge >= 0.3 is 0 Å². The third kappa shape index (κ3) is 4.01. The van der Waals surface area contributed by atoms with Crippen LogP contribution in [0.25, 0.3) is 0 Å². The molecule has 3 rings (SSSR count). The molecule has 0 N–H and O–H groups in total. The normalized spacial score (nSPS) is 26.0. The molecule has 134 valence electrons. The van der Waals surface area contributed by atoms with E-state index in [1.165, 1.54) is 36.0 Å². The number of hydrogen-bond donors (Lipinski definition) is 0. The number of aliphatic imine (C=N–C) groups is 1. The first-order chi connectivity index (χ1) is 11.7. The smallest absolute Gasteiger partial charge is 0.248 e. The van der Waals surface area contributed by atoms with Crippen LogP contribution in [0.3, 0.4) is 0 Å². The molecule has 0 unspecified atom stereocenters. The van der Waals surface area contributed by atoms with Crippen molar-refractivity contribution in [1.29, 1.82) is 0 Å². The monoisotopic (exact) mass is 385 g/mol. The van der Waals surface area contributed by atoms with Crippen molar-refractivity contribution in [2.75, 3.05) is 16.4 Å². The summed E-state index contributed by atoms with van der Waals surface area (Å²) >= 11 is 1.17. The number of rotatable bonds is 4. The van der Waals surface area contributed by atoms with Gasteiger partial charge in [-0.05, 0) is 30.7 Å². The number of fused-ring (bicyclic) bond motifs is 1. The summed E-state index contributed by atoms with van der Waals surface area (Å²) in [4.78, 5) is 27.9. The average Bonchev–Trinajstić information content (AvgIpc) is 2.97. The lowest BCUT2D eigenvalue weighted by molar-refractivity contribution is -0.305. The van der Waals surface area contributed by atoms with Gasteiger partial charge in [0, 0.05) is 23.3 Å². The largest absolute Gasteiger partial charge is 0.550 e. The van der Waals surface area contributed by atoms with E-state index in [4.69, 9.17) is 0 Å². The van der Waals surface area contributed by atoms with Gasteiger partial charge in [0.25, 0.3) is 0 Å². The number of halogens is 1. The van der Waals surface area contributed by atoms with Gasteiger partial charge in [-0.1, -0.05) is 11.8 Å². The third-order valence-corrected chi connectivity index (χ3v) is 7.14. The molecule has 25 heavy (non-hydrogen) atoms. The Morgan fingerprint density at radius 3 is 2.56 bits per heavy atom. The molecule has 7 nitrogen and oxygen atoms in total. The first-order valence-electron chi connectivity index (χ1n) is 7.48. The van der Waals surface area contributed by atoms with Gasteiger partial charge in [0.1, 0.15) is 5.82 Å². The van der Waals surface area contributed by atoms with Crippen LogP contribution in [-0.4, -0.2) is 48.3 Å². The number of sulfone groups is 1. The second-order valence-electron chi connectivity index (χ2n) is 5.81. The number of carbonyl (C=O) groups excluding carboxylic acids is 2. The van der Waals surface area contributed by atoms with E-state index in [0.29, 0.717) is 10.9 Å². The first-order valence-corrected chi connectivity index (χ1v) is 10.2. The highest BCUT2D eigenvalue weighted by atomic mass is 32.2. The molecule has 1 aromatic carbocycles. The lowest BCUT2D eigenvalue weighted by atomic mass is 10.2. The van der Waals surface area contributed by atoms with E-state index < -0.39 is 40.0 Å². The van der Waals surface area contributed by atoms with Crippen LogP contribution in [0.5, 0.6) is 0 Å². The van der Waals surface area contributed by atoms with Crippen molar-refractivity contribution in [3.05, 3.63) is 30.1 Å². The van der Waals surface area contributed by atoms with E-state index in [1.807, 2.05) is 0 Å². The topological polar surface area (TPSA) is 107 Å². The Hall–Kier alpha value is -1.94. The van der Waals surface area contributed by atoms with E-state index >= 15 is 0 Å². The minimum absolute atomic E-state index is 0.0215. The standard InChI is InChI=1S/C15H15FN2O5S2/c16-9-1-3-10(4-2-9)18-11-7-25(22,23)8-12(11)24-15(18)17-13(19)5-6-14(20)21/h1-4,11-12H,5-8H2,(H,20,21)/p-1/t11-,12+/m1/s1. The fourth-order valence-corrected chi connectivity index (χ4v) is 6.77. The molecule has 2 fully saturated rings. The van der Waals surface area contributed by atoms with E-state index in [2.05, 4.69) is 4.99 Å². The zero-order chi connectivity index (χ0) is 18.2. The summed E-state index contributed by atoms with van der Waals surface area (Å²) in [6.07, 6.45) is -0.727. The highest BCUT2D eigenvalue weighted by molar-refractivity contribution is 8.16. The van der Waals surface area contributed by atoms with E-state index in [1.54, 1.807) is 4.90 Å². The Morgan fingerprint density at radius 2 is 1.92 bits per heavy atom. The van der Waals surface area contributed by atoms with E-state index in [0.717, 1.165) is 0 Å². The fourth-order valence-electron chi connectivity index (χ4n) is 2.84. The Kier molecular flexibility index (Phi) is 4.83. The van der Waals surface area contributed by atoms with Crippen molar-refractivity contribution in [2.24, 2.45) is 4.99 Å². The van der Waals surface area contributed by atoms with Crippen molar-refractivity contribution < 1.29 is 27.5 Å². The Balaban J connectivity index is 1.90. The molecule has 1 aromatic rings. The molecule has 0 aromatic heterocycles. The minimum atomic E-state index is -3.19. The quantitative estimate of drug-likeness (QED) is 0.716. The predicted octanol–water partition coefficient (Wildman–Crippen LogP) is -0.0428. The number of amidine groups is 1. The molecule has 2 heterocycles. The van der Waals surface area contributed by atoms with Crippen LogP contribution in [0.4, 0.5) is 10.1 Å². The fraction of sp³-hybridized carbons (Fsp3) is 0.400. The number of amides is 1. The summed E-state index contributed by atoms with van der Waals surface area (Å²) in [5.41, 5.74) is 0.532. The molecule has 0 saturated carbocycles. The van der Waals surface area contributed by atoms with E-state index in [-0.39, 0.29) is 23.2 Å². The van der Waals surface area contributed by atoms with Gasteiger partial charge < -0.3 is 14.8 Å². The molecular weight excluding hydrogens is 371 g/mol. The number of carbonyl (C=O) groups is 2. The maximum atomic E-state index is 13.2. The second-order valence-corrected chi connectivity index (χ2v) is 9.17. The molecule has 0 radical (unpaired) electrons. The van der Waals surface area contributed by atoms with Gasteiger partial charge in [0.15, 0.2) is 15.0 Å². The van der Waals surface area contributed by atoms with Crippen LogP contribution in [0.15, 0.2) is 29.3 Å². The van der Waals surface area contributed by atoms with Crippen LogP contribution in [0, 0.1) is 5.82 Å². The summed E-state index contributed by atoms with van der Waals surface area (Å²) in [7, 11) is -3.19. The molecule has 0 aliphatic carbocycles. The van der Waals surface area contributed by atoms with Crippen LogP contribution < -0.4 is 10.0 Å². The number of thioether (sulfide) groups is 1. The summed E-state index contributed by atoms with van der Waals surface area (Å²) in [5, 5.41) is 10.5. The maximum absolute atomic E-state index is 13.2. The molecule has 2 aliphatic rings. The van der Waals surface area contributed by atoms with Crippen LogP contribution in [0.2, 0.25) is 0 Å². The van der Waals surface area contributed by atoms with Crippen LogP contribution >= 0.6 is 11.8 Å². The van der Waals surface area contributed by atoms with E-state index in [9.17, 15) is 27.5 Å². The molecular formula is C15H14FN2O5S2-. The molecule has 1 amide bonds. The predicted molar refractivity (Wildman–Crippen MR) is 89.4 cm³/mol. The van der Waals surface area contributed by atoms with Gasteiger partial charge in [-0.15, -0.1) is 0 Å². The van der Waals surface area contributed by atoms with Gasteiger partial charge in [-0.25, -0.2) is 12.8 Å². The third-order valence-electron chi connectivity index (χ3n) is 3.93. The van der Waals surface area contributed by atoms with Crippen molar-refractivity contribution in [3.8, 4) is 0 Å². The summed E-state index contributed by atoms with van der Waals surface area (Å²) in [5.74, 6) is -2.50. The number of carboxylic acids is 1. The molecule has 2 atom stereocenters. The minimum Gasteiger partial charge on any atom is -0.550 e. The Labute approximate surface area is 147 Å². The number of anilines is 1. The molecule has 2 aliphatic heterocycles. The molecule has 0 spiro atoms. The lowest BCUT2D eigenvalue weighted by Gasteiger charge is -2.24. The zero-order valence-electron chi connectivity index (χ0n) is 12.9. The molecule has 0 bridgehead atoms. The number of hydrogen-bond acceptors (Lipinski definition) is 6. The SMILES string of the molecule is O=C([O-])CCC(=O)N=C1S[C@H]2CS(=O)(=O)C[C@H]2N1c1ccc(F)cc1. The lowest BCUT2D eigenvalue weighted by Crippen LogP contribution is -2.37. The van der Waals surface area contributed by atoms with Crippen molar-refractivity contribution in [1.82, 2.24) is 0 Å². The highest BCUT2D eigenvalue weighted by Crippen LogP contribution is 2.40. The van der Waals surface area contributed by atoms with Gasteiger partial charge in [-0.3, -0.25) is 4.79 Å². The number of nitrogens with zero attached hydrogens (tertiary/aromatic N) is 2. The number of carboxylic acid groups (broad SMARTS) is 1. The van der Waals surface area contributed by atoms with Gasteiger partial charge in [0.05, 0.1) is 17.5 Å². The molecule has 2 saturated heterocycles. The summed E-state index contributed by atoms with van der Waals surface area (Å²) in [6.45, 7) is 0. The van der Waals surface area contributed by atoms with Crippen LogP contribution in [-0.2, 0) is 19.4 Å². The average molecular weight is 385 g/mol. The van der Waals surface area contributed by atoms with Crippen molar-refractivity contribution in [3.63, 3.8) is 0 Å². The maximum Gasteiger partial charge on any atom is 0.248 e. The Morgan fingerprint density at radius 1 is 1.24 bits per heavy atom. The second kappa shape index (κ2) is 6.75. The van der Waals surface area contributed by atoms with Crippen molar-refractivity contribution >= 4 is 44.3 Å². The number of aliphatic carboxylic acids is 1. The summed E-state index contributed by atoms with van der Waals surface area (Å²) in [6, 6.07) is 5.07.